The number of aromatic carboxylic acids is 1. The molecule has 0 spiro atoms. The number of hydrogen-bond donors (Lipinski definition) is 1. The van der Waals surface area contributed by atoms with Crippen molar-refractivity contribution in [2.45, 2.75) is 13.3 Å². The van der Waals surface area contributed by atoms with E-state index in [1.165, 1.54) is 23.0 Å². The summed E-state index contributed by atoms with van der Waals surface area (Å²) in [4.78, 5) is 22.9. The summed E-state index contributed by atoms with van der Waals surface area (Å²) in [5.41, 5.74) is -0.637. The van der Waals surface area contributed by atoms with Crippen LogP contribution in [0.2, 0.25) is 5.02 Å². The Bertz CT molecular complexity index is 743. The number of carboxylic acids is 1. The zero-order valence-electron chi connectivity index (χ0n) is 10.4. The van der Waals surface area contributed by atoms with Gasteiger partial charge in [-0.15, -0.1) is 0 Å². The zero-order valence-corrected chi connectivity index (χ0v) is 11.2. The molecular weight excluding hydrogens is 287 g/mol. The van der Waals surface area contributed by atoms with Crippen LogP contribution in [0.15, 0.2) is 29.2 Å². The van der Waals surface area contributed by atoms with Gasteiger partial charge in [-0.05, 0) is 24.6 Å². The van der Waals surface area contributed by atoms with Crippen molar-refractivity contribution < 1.29 is 14.3 Å². The first-order valence-electron chi connectivity index (χ1n) is 5.75. The summed E-state index contributed by atoms with van der Waals surface area (Å²) in [7, 11) is 0. The molecule has 1 aromatic heterocycles. The number of benzene rings is 1. The number of hydrogen-bond acceptors (Lipinski definition) is 3. The van der Waals surface area contributed by atoms with E-state index in [9.17, 15) is 14.0 Å². The maximum Gasteiger partial charge on any atom is 0.360 e. The van der Waals surface area contributed by atoms with Gasteiger partial charge in [-0.1, -0.05) is 18.5 Å². The Morgan fingerprint density at radius 1 is 1.50 bits per heavy atom. The maximum absolute atomic E-state index is 13.0. The highest BCUT2D eigenvalue weighted by Gasteiger charge is 2.16. The summed E-state index contributed by atoms with van der Waals surface area (Å²) in [5, 5.41) is 12.8. The normalized spacial score (nSPS) is 10.6. The predicted molar refractivity (Wildman–Crippen MR) is 71.1 cm³/mol. The fourth-order valence-electron chi connectivity index (χ4n) is 1.72. The largest absolute Gasteiger partial charge is 0.476 e. The average molecular weight is 297 g/mol. The molecule has 0 fully saturated rings. The van der Waals surface area contributed by atoms with Gasteiger partial charge in [0.1, 0.15) is 5.82 Å². The molecule has 1 heterocycles. The van der Waals surface area contributed by atoms with Crippen LogP contribution >= 0.6 is 11.6 Å². The monoisotopic (exact) mass is 296 g/mol. The molecule has 20 heavy (non-hydrogen) atoms. The quantitative estimate of drug-likeness (QED) is 0.943. The molecule has 0 unspecified atom stereocenters. The molecule has 0 amide bonds. The zero-order chi connectivity index (χ0) is 14.9. The summed E-state index contributed by atoms with van der Waals surface area (Å²) >= 11 is 5.90. The summed E-state index contributed by atoms with van der Waals surface area (Å²) in [6, 6.07) is 3.62. The number of rotatable bonds is 3. The van der Waals surface area contributed by atoms with Crippen LogP contribution in [0.1, 0.15) is 23.0 Å². The molecule has 104 valence electrons. The van der Waals surface area contributed by atoms with Crippen molar-refractivity contribution in [3.8, 4) is 5.69 Å². The predicted octanol–water partition coefficient (Wildman–Crippen LogP) is 2.29. The second-order valence-electron chi connectivity index (χ2n) is 4.03. The van der Waals surface area contributed by atoms with Gasteiger partial charge in [0, 0.05) is 11.8 Å². The molecule has 5 nitrogen and oxygen atoms in total. The van der Waals surface area contributed by atoms with E-state index in [1.54, 1.807) is 6.92 Å². The number of halogens is 2. The van der Waals surface area contributed by atoms with E-state index in [0.29, 0.717) is 12.1 Å². The Kier molecular flexibility index (Phi) is 3.85. The summed E-state index contributed by atoms with van der Waals surface area (Å²) in [6.07, 6.45) is 1.74. The minimum atomic E-state index is -1.42. The Morgan fingerprint density at radius 3 is 2.75 bits per heavy atom. The van der Waals surface area contributed by atoms with Crippen LogP contribution in [0.5, 0.6) is 0 Å². The first-order chi connectivity index (χ1) is 9.43. The van der Waals surface area contributed by atoms with Gasteiger partial charge in [-0.25, -0.2) is 13.9 Å². The third kappa shape index (κ3) is 2.55. The molecule has 0 atom stereocenters. The van der Waals surface area contributed by atoms with Gasteiger partial charge in [-0.3, -0.25) is 4.79 Å². The number of carbonyl (C=O) groups is 1. The van der Waals surface area contributed by atoms with Crippen LogP contribution in [0.3, 0.4) is 0 Å². The van der Waals surface area contributed by atoms with Crippen LogP contribution in [-0.4, -0.2) is 20.9 Å². The highest BCUT2D eigenvalue weighted by Crippen LogP contribution is 2.20. The Balaban J connectivity index is 2.71. The lowest BCUT2D eigenvalue weighted by atomic mass is 10.2. The molecule has 7 heteroatoms. The van der Waals surface area contributed by atoms with Gasteiger partial charge in [0.05, 0.1) is 10.7 Å². The van der Waals surface area contributed by atoms with E-state index in [2.05, 4.69) is 5.10 Å². The molecule has 0 radical (unpaired) electrons. The number of aryl methyl sites for hydroxylation is 1. The van der Waals surface area contributed by atoms with Crippen molar-refractivity contribution >= 4 is 17.6 Å². The molecule has 1 N–H and O–H groups in total. The van der Waals surface area contributed by atoms with Gasteiger partial charge in [-0.2, -0.15) is 5.10 Å². The Labute approximate surface area is 118 Å². The van der Waals surface area contributed by atoms with E-state index in [-0.39, 0.29) is 10.6 Å². The third-order valence-electron chi connectivity index (χ3n) is 2.73. The highest BCUT2D eigenvalue weighted by atomic mass is 35.5. The second-order valence-corrected chi connectivity index (χ2v) is 4.44. The number of carboxylic acid groups (broad SMARTS) is 1. The van der Waals surface area contributed by atoms with E-state index < -0.39 is 22.9 Å². The summed E-state index contributed by atoms with van der Waals surface area (Å²) < 4.78 is 14.2. The molecule has 2 aromatic rings. The van der Waals surface area contributed by atoms with Crippen molar-refractivity contribution in [3.05, 3.63) is 56.7 Å². The van der Waals surface area contributed by atoms with E-state index in [0.717, 1.165) is 6.07 Å². The fraction of sp³-hybridized carbons (Fsp3) is 0.154. The lowest BCUT2D eigenvalue weighted by molar-refractivity contribution is 0.0686. The maximum atomic E-state index is 13.0. The smallest absolute Gasteiger partial charge is 0.360 e. The highest BCUT2D eigenvalue weighted by molar-refractivity contribution is 6.32. The van der Waals surface area contributed by atoms with Crippen molar-refractivity contribution in [1.82, 2.24) is 9.78 Å². The molecule has 0 saturated carbocycles. The molecule has 0 aliphatic carbocycles. The molecule has 1 aromatic carbocycles. The molecule has 0 bridgehead atoms. The minimum absolute atomic E-state index is 0.0690. The van der Waals surface area contributed by atoms with Gasteiger partial charge in [0.2, 0.25) is 11.1 Å². The van der Waals surface area contributed by atoms with Crippen LogP contribution in [0.25, 0.3) is 5.69 Å². The van der Waals surface area contributed by atoms with Crippen molar-refractivity contribution in [3.63, 3.8) is 0 Å². The Morgan fingerprint density at radius 2 is 2.20 bits per heavy atom. The van der Waals surface area contributed by atoms with E-state index in [4.69, 9.17) is 16.7 Å². The van der Waals surface area contributed by atoms with Gasteiger partial charge >= 0.3 is 5.97 Å². The molecular formula is C13H10ClFN2O3. The first kappa shape index (κ1) is 14.2. The summed E-state index contributed by atoms with van der Waals surface area (Å²) in [6.45, 7) is 1.72. The first-order valence-corrected chi connectivity index (χ1v) is 6.13. The molecule has 0 saturated heterocycles. The topological polar surface area (TPSA) is 72.2 Å². The van der Waals surface area contributed by atoms with Crippen molar-refractivity contribution in [2.24, 2.45) is 0 Å². The lowest BCUT2D eigenvalue weighted by Gasteiger charge is -2.10. The van der Waals surface area contributed by atoms with E-state index >= 15 is 0 Å². The van der Waals surface area contributed by atoms with Gasteiger partial charge < -0.3 is 5.11 Å². The Hall–Kier alpha value is -2.21. The van der Waals surface area contributed by atoms with Gasteiger partial charge in [0.15, 0.2) is 0 Å². The van der Waals surface area contributed by atoms with Crippen LogP contribution in [0.4, 0.5) is 4.39 Å². The summed E-state index contributed by atoms with van der Waals surface area (Å²) in [5.74, 6) is -1.94. The minimum Gasteiger partial charge on any atom is -0.476 e. The SMILES string of the molecule is CCc1cn(-c2ccc(F)cc2Cl)nc(C(=O)O)c1=O. The molecule has 0 aliphatic heterocycles. The number of nitrogens with zero attached hydrogens (tertiary/aromatic N) is 2. The standard InChI is InChI=1S/C13H10ClFN2O3/c1-2-7-6-17(16-11(12(7)18)13(19)20)10-4-3-8(15)5-9(10)14/h3-6H,2H2,1H3,(H,19,20). The van der Waals surface area contributed by atoms with Crippen molar-refractivity contribution in [1.29, 1.82) is 0 Å². The van der Waals surface area contributed by atoms with Crippen LogP contribution < -0.4 is 5.43 Å². The third-order valence-corrected chi connectivity index (χ3v) is 3.04. The van der Waals surface area contributed by atoms with Crippen LogP contribution in [-0.2, 0) is 6.42 Å². The van der Waals surface area contributed by atoms with Crippen LogP contribution in [0, 0.1) is 5.82 Å². The fourth-order valence-corrected chi connectivity index (χ4v) is 1.98. The van der Waals surface area contributed by atoms with Gasteiger partial charge in [0.25, 0.3) is 0 Å². The second kappa shape index (κ2) is 5.42. The average Bonchev–Trinajstić information content (AvgIpc) is 2.39. The molecule has 0 aliphatic rings. The number of aromatic nitrogens is 2. The molecule has 2 rings (SSSR count). The lowest BCUT2D eigenvalue weighted by Crippen LogP contribution is -2.24. The van der Waals surface area contributed by atoms with E-state index in [1.807, 2.05) is 0 Å². The van der Waals surface area contributed by atoms with Crippen molar-refractivity contribution in [2.75, 3.05) is 0 Å².